The van der Waals surface area contributed by atoms with Crippen LogP contribution in [-0.4, -0.2) is 35.3 Å². The summed E-state index contributed by atoms with van der Waals surface area (Å²) in [5.74, 6) is -1.68. The molecule has 6 nitrogen and oxygen atoms in total. The van der Waals surface area contributed by atoms with Crippen LogP contribution in [0, 0.1) is 0 Å². The Hall–Kier alpha value is -0.140. The van der Waals surface area contributed by atoms with Gasteiger partial charge in [0.05, 0.1) is 6.61 Å². The average molecular weight is 313 g/mol. The molecule has 0 aliphatic rings. The van der Waals surface area contributed by atoms with Crippen molar-refractivity contribution in [1.29, 1.82) is 0 Å². The summed E-state index contributed by atoms with van der Waals surface area (Å²) in [7, 11) is 0. The summed E-state index contributed by atoms with van der Waals surface area (Å²) >= 11 is 0. The number of carbonyl (C=O) groups excluding carboxylic acids is 1. The Balaban J connectivity index is -0.000000572. The standard InChI is InChI=1S/C12H22O4.C2H7NO.Na/c13-11(14)9-7-5-3-1-2-4-6-8-10-12(15)16;3-1-2-4;/h1-10H2,(H,13,14)(H,15,16);4H,1-3H2;/q;;+1/p-1. The van der Waals surface area contributed by atoms with E-state index in [1.165, 1.54) is 0 Å². The molecule has 0 aromatic carbocycles. The number of nitrogens with two attached hydrogens (primary N) is 1. The van der Waals surface area contributed by atoms with Crippen molar-refractivity contribution in [3.63, 3.8) is 0 Å². The van der Waals surface area contributed by atoms with E-state index in [-0.39, 0.29) is 49.0 Å². The summed E-state index contributed by atoms with van der Waals surface area (Å²) in [6, 6.07) is 0. The van der Waals surface area contributed by atoms with E-state index >= 15 is 0 Å². The Morgan fingerprint density at radius 2 is 1.19 bits per heavy atom. The fourth-order valence-corrected chi connectivity index (χ4v) is 1.61. The van der Waals surface area contributed by atoms with Crippen LogP contribution in [-0.2, 0) is 9.59 Å². The van der Waals surface area contributed by atoms with E-state index in [4.69, 9.17) is 15.9 Å². The quantitative estimate of drug-likeness (QED) is 0.274. The van der Waals surface area contributed by atoms with Crippen molar-refractivity contribution in [1.82, 2.24) is 0 Å². The molecular formula is C14H28NNaO5. The number of carboxylic acids is 2. The molecule has 7 heteroatoms. The molecule has 4 N–H and O–H groups in total. The van der Waals surface area contributed by atoms with Crippen LogP contribution >= 0.6 is 0 Å². The van der Waals surface area contributed by atoms with Gasteiger partial charge in [0.15, 0.2) is 0 Å². The summed E-state index contributed by atoms with van der Waals surface area (Å²) in [6.45, 7) is 0.472. The summed E-state index contributed by atoms with van der Waals surface area (Å²) in [4.78, 5) is 20.3. The number of rotatable bonds is 12. The van der Waals surface area contributed by atoms with Crippen LogP contribution < -0.4 is 40.4 Å². The van der Waals surface area contributed by atoms with Gasteiger partial charge in [-0.3, -0.25) is 4.79 Å². The molecule has 0 radical (unpaired) electrons. The molecule has 120 valence electrons. The van der Waals surface area contributed by atoms with Gasteiger partial charge >= 0.3 is 35.5 Å². The first-order valence-electron chi connectivity index (χ1n) is 7.27. The van der Waals surface area contributed by atoms with Crippen LogP contribution in [0.1, 0.15) is 64.2 Å². The first-order chi connectivity index (χ1) is 9.54. The molecule has 0 bridgehead atoms. The molecule has 0 aromatic rings. The van der Waals surface area contributed by atoms with E-state index in [1.807, 2.05) is 0 Å². The minimum atomic E-state index is -0.964. The van der Waals surface area contributed by atoms with Gasteiger partial charge in [0.25, 0.3) is 0 Å². The van der Waals surface area contributed by atoms with Gasteiger partial charge in [-0.25, -0.2) is 0 Å². The van der Waals surface area contributed by atoms with E-state index in [0.29, 0.717) is 13.0 Å². The van der Waals surface area contributed by atoms with E-state index in [2.05, 4.69) is 0 Å². The molecule has 21 heavy (non-hydrogen) atoms. The van der Waals surface area contributed by atoms with Crippen LogP contribution in [0.5, 0.6) is 0 Å². The topological polar surface area (TPSA) is 124 Å². The van der Waals surface area contributed by atoms with E-state index in [9.17, 15) is 14.7 Å². The van der Waals surface area contributed by atoms with Gasteiger partial charge < -0.3 is 25.8 Å². The average Bonchev–Trinajstić information content (AvgIpc) is 2.40. The van der Waals surface area contributed by atoms with Crippen LogP contribution in [0.2, 0.25) is 0 Å². The Kier molecular flexibility index (Phi) is 27.2. The Bertz CT molecular complexity index is 215. The second kappa shape index (κ2) is 22.1. The molecule has 0 saturated carbocycles. The number of carboxylic acid groups (broad SMARTS) is 2. The monoisotopic (exact) mass is 313 g/mol. The Morgan fingerprint density at radius 3 is 1.48 bits per heavy atom. The normalized spacial score (nSPS) is 9.24. The third-order valence-corrected chi connectivity index (χ3v) is 2.65. The van der Waals surface area contributed by atoms with Gasteiger partial charge in [0.1, 0.15) is 0 Å². The molecular weight excluding hydrogens is 285 g/mol. The summed E-state index contributed by atoms with van der Waals surface area (Å²) in [5, 5.41) is 26.3. The zero-order valence-corrected chi connectivity index (χ0v) is 15.2. The number of unbranched alkanes of at least 4 members (excludes halogenated alkanes) is 7. The maximum atomic E-state index is 10.2. The molecule has 0 aliphatic carbocycles. The molecule has 0 unspecified atom stereocenters. The second-order valence-corrected chi connectivity index (χ2v) is 4.61. The predicted molar refractivity (Wildman–Crippen MR) is 75.0 cm³/mol. The van der Waals surface area contributed by atoms with Crippen molar-refractivity contribution < 1.29 is 54.5 Å². The fraction of sp³-hybridized carbons (Fsp3) is 0.857. The molecule has 0 heterocycles. The Labute approximate surface area is 149 Å². The molecule has 0 saturated heterocycles. The fourth-order valence-electron chi connectivity index (χ4n) is 1.61. The number of aliphatic hydroxyl groups excluding tert-OH is 1. The van der Waals surface area contributed by atoms with Crippen molar-refractivity contribution in [2.45, 2.75) is 64.2 Å². The third-order valence-electron chi connectivity index (χ3n) is 2.65. The van der Waals surface area contributed by atoms with Crippen molar-refractivity contribution in [3.05, 3.63) is 0 Å². The number of carbonyl (C=O) groups is 2. The summed E-state index contributed by atoms with van der Waals surface area (Å²) < 4.78 is 0. The first-order valence-corrected chi connectivity index (χ1v) is 7.27. The van der Waals surface area contributed by atoms with Gasteiger partial charge in [-0.1, -0.05) is 38.5 Å². The Morgan fingerprint density at radius 1 is 0.857 bits per heavy atom. The second-order valence-electron chi connectivity index (χ2n) is 4.61. The number of aliphatic carboxylic acids is 2. The van der Waals surface area contributed by atoms with E-state index in [0.717, 1.165) is 44.9 Å². The van der Waals surface area contributed by atoms with Crippen molar-refractivity contribution in [2.24, 2.45) is 5.73 Å². The molecule has 0 atom stereocenters. The molecule has 0 fully saturated rings. The molecule has 0 rings (SSSR count). The largest absolute Gasteiger partial charge is 1.00 e. The van der Waals surface area contributed by atoms with Crippen LogP contribution in [0.4, 0.5) is 0 Å². The maximum absolute atomic E-state index is 10.2. The minimum Gasteiger partial charge on any atom is -0.550 e. The van der Waals surface area contributed by atoms with Gasteiger partial charge in [-0.15, -0.1) is 0 Å². The predicted octanol–water partition coefficient (Wildman–Crippen LogP) is -2.34. The summed E-state index contributed by atoms with van der Waals surface area (Å²) in [6.07, 6.45) is 8.20. The van der Waals surface area contributed by atoms with E-state index in [1.54, 1.807) is 0 Å². The maximum Gasteiger partial charge on any atom is 1.00 e. The van der Waals surface area contributed by atoms with Crippen LogP contribution in [0.15, 0.2) is 0 Å². The SMILES string of the molecule is NCCO.O=C([O-])CCCCCCCCCCC(=O)O.[Na+]. The van der Waals surface area contributed by atoms with Gasteiger partial charge in [-0.05, 0) is 19.3 Å². The first kappa shape index (κ1) is 25.8. The molecule has 0 aliphatic heterocycles. The zero-order chi connectivity index (χ0) is 15.6. The van der Waals surface area contributed by atoms with Gasteiger partial charge in [0, 0.05) is 18.9 Å². The molecule has 0 amide bonds. The molecule has 0 aromatic heterocycles. The number of aliphatic hydroxyl groups is 1. The van der Waals surface area contributed by atoms with Gasteiger partial charge in [0.2, 0.25) is 0 Å². The smallest absolute Gasteiger partial charge is 0.550 e. The number of hydrogen-bond donors (Lipinski definition) is 3. The third kappa shape index (κ3) is 33.0. The number of hydrogen-bond acceptors (Lipinski definition) is 5. The molecule has 0 spiro atoms. The zero-order valence-electron chi connectivity index (χ0n) is 13.2. The van der Waals surface area contributed by atoms with Crippen LogP contribution in [0.3, 0.4) is 0 Å². The minimum absolute atomic E-state index is 0. The van der Waals surface area contributed by atoms with Crippen molar-refractivity contribution in [3.8, 4) is 0 Å². The van der Waals surface area contributed by atoms with Crippen LogP contribution in [0.25, 0.3) is 0 Å². The summed E-state index contributed by atoms with van der Waals surface area (Å²) in [5.41, 5.74) is 4.78. The van der Waals surface area contributed by atoms with Crippen molar-refractivity contribution in [2.75, 3.05) is 13.2 Å². The van der Waals surface area contributed by atoms with Crippen molar-refractivity contribution >= 4 is 11.9 Å². The van der Waals surface area contributed by atoms with Gasteiger partial charge in [-0.2, -0.15) is 0 Å². The van der Waals surface area contributed by atoms with E-state index < -0.39 is 11.9 Å².